The Morgan fingerprint density at radius 1 is 1.14 bits per heavy atom. The summed E-state index contributed by atoms with van der Waals surface area (Å²) in [7, 11) is -3.83. The molecule has 1 aliphatic heterocycles. The van der Waals surface area contributed by atoms with Crippen LogP contribution in [0.15, 0.2) is 41.4 Å². The molecular formula is C27H33N3O4S. The molecule has 7 nitrogen and oxygen atoms in total. The summed E-state index contributed by atoms with van der Waals surface area (Å²) in [6.45, 7) is 11.1. The van der Waals surface area contributed by atoms with E-state index in [1.165, 1.54) is 0 Å². The standard InChI is InChI=1S/C27H33N3O4S/c1-6-34-27(31)21-9-8-14-30(16-21)24-12-11-23(22-10-7-13-28-25(22)24)29-35(32,33)26-19(4)17(2)15-18(3)20(26)5/h7,10-13,15,21,29H,6,8-9,14,16H2,1-5H3. The molecule has 4 rings (SSSR count). The van der Waals surface area contributed by atoms with E-state index < -0.39 is 10.0 Å². The molecule has 0 radical (unpaired) electrons. The minimum Gasteiger partial charge on any atom is -0.466 e. The fourth-order valence-corrected chi connectivity index (χ4v) is 6.63. The van der Waals surface area contributed by atoms with E-state index in [4.69, 9.17) is 4.74 Å². The smallest absolute Gasteiger partial charge is 0.310 e. The first kappa shape index (κ1) is 25.0. The predicted octanol–water partition coefficient (Wildman–Crippen LogP) is 5.05. The van der Waals surface area contributed by atoms with Gasteiger partial charge in [0.25, 0.3) is 10.0 Å². The molecule has 1 N–H and O–H groups in total. The second kappa shape index (κ2) is 9.85. The van der Waals surface area contributed by atoms with Gasteiger partial charge < -0.3 is 9.64 Å². The molecule has 35 heavy (non-hydrogen) atoms. The number of carbonyl (C=O) groups excluding carboxylic acids is 1. The van der Waals surface area contributed by atoms with E-state index in [0.717, 1.165) is 47.3 Å². The van der Waals surface area contributed by atoms with Crippen LogP contribution in [-0.4, -0.2) is 39.1 Å². The van der Waals surface area contributed by atoms with Crippen molar-refractivity contribution in [3.05, 3.63) is 58.8 Å². The number of pyridine rings is 1. The van der Waals surface area contributed by atoms with E-state index >= 15 is 0 Å². The Kier molecular flexibility index (Phi) is 7.03. The molecule has 0 amide bonds. The lowest BCUT2D eigenvalue weighted by Crippen LogP contribution is -2.39. The summed E-state index contributed by atoms with van der Waals surface area (Å²) >= 11 is 0. The number of benzene rings is 2. The first-order chi connectivity index (χ1) is 16.6. The number of ether oxygens (including phenoxy) is 1. The zero-order valence-corrected chi connectivity index (χ0v) is 21.8. The Morgan fingerprint density at radius 2 is 1.86 bits per heavy atom. The maximum atomic E-state index is 13.6. The lowest BCUT2D eigenvalue weighted by molar-refractivity contribution is -0.148. The number of esters is 1. The summed E-state index contributed by atoms with van der Waals surface area (Å²) < 4.78 is 35.2. The van der Waals surface area contributed by atoms with Crippen LogP contribution >= 0.6 is 0 Å². The fraction of sp³-hybridized carbons (Fsp3) is 0.407. The number of hydrogen-bond acceptors (Lipinski definition) is 6. The van der Waals surface area contributed by atoms with Crippen molar-refractivity contribution >= 4 is 38.3 Å². The van der Waals surface area contributed by atoms with Crippen LogP contribution in [0.4, 0.5) is 11.4 Å². The third kappa shape index (κ3) is 4.85. The molecular weight excluding hydrogens is 462 g/mol. The highest BCUT2D eigenvalue weighted by atomic mass is 32.2. The summed E-state index contributed by atoms with van der Waals surface area (Å²) in [6.07, 6.45) is 3.37. The number of nitrogens with zero attached hydrogens (tertiary/aromatic N) is 2. The monoisotopic (exact) mass is 495 g/mol. The third-order valence-corrected chi connectivity index (χ3v) is 8.58. The minimum atomic E-state index is -3.83. The molecule has 0 bridgehead atoms. The summed E-state index contributed by atoms with van der Waals surface area (Å²) in [5.74, 6) is -0.353. The van der Waals surface area contributed by atoms with Gasteiger partial charge in [0.2, 0.25) is 0 Å². The van der Waals surface area contributed by atoms with Crippen molar-refractivity contribution in [2.24, 2.45) is 5.92 Å². The van der Waals surface area contributed by atoms with Gasteiger partial charge in [0.15, 0.2) is 0 Å². The Bertz CT molecular complexity index is 1360. The van der Waals surface area contributed by atoms with E-state index in [1.54, 1.807) is 18.3 Å². The van der Waals surface area contributed by atoms with Crippen LogP contribution in [0, 0.1) is 33.6 Å². The van der Waals surface area contributed by atoms with Crippen LogP contribution in [0.25, 0.3) is 10.9 Å². The Hall–Kier alpha value is -3.13. The van der Waals surface area contributed by atoms with Crippen molar-refractivity contribution in [2.45, 2.75) is 52.4 Å². The molecule has 0 spiro atoms. The van der Waals surface area contributed by atoms with Crippen molar-refractivity contribution < 1.29 is 17.9 Å². The number of sulfonamides is 1. The van der Waals surface area contributed by atoms with Crippen molar-refractivity contribution in [3.8, 4) is 0 Å². The number of carbonyl (C=O) groups is 1. The molecule has 1 aromatic heterocycles. The SMILES string of the molecule is CCOC(=O)C1CCCN(c2ccc(NS(=O)(=O)c3c(C)c(C)cc(C)c3C)c3cccnc23)C1. The Labute approximate surface area is 207 Å². The zero-order valence-electron chi connectivity index (χ0n) is 21.0. The summed E-state index contributed by atoms with van der Waals surface area (Å²) in [6, 6.07) is 9.37. The maximum absolute atomic E-state index is 13.6. The molecule has 1 unspecified atom stereocenters. The van der Waals surface area contributed by atoms with E-state index in [-0.39, 0.29) is 11.9 Å². The van der Waals surface area contributed by atoms with Crippen molar-refractivity contribution in [3.63, 3.8) is 0 Å². The normalized spacial score (nSPS) is 16.4. The molecule has 0 aliphatic carbocycles. The van der Waals surface area contributed by atoms with Gasteiger partial charge in [0.05, 0.1) is 34.3 Å². The summed E-state index contributed by atoms with van der Waals surface area (Å²) in [5, 5.41) is 0.714. The highest BCUT2D eigenvalue weighted by molar-refractivity contribution is 7.92. The second-order valence-electron chi connectivity index (χ2n) is 9.26. The quantitative estimate of drug-likeness (QED) is 0.482. The molecule has 1 saturated heterocycles. The number of anilines is 2. The molecule has 186 valence electrons. The van der Waals surface area contributed by atoms with Crippen molar-refractivity contribution in [1.82, 2.24) is 4.98 Å². The molecule has 2 heterocycles. The van der Waals surface area contributed by atoms with Gasteiger partial charge in [-0.05, 0) is 94.0 Å². The van der Waals surface area contributed by atoms with Gasteiger partial charge in [0.1, 0.15) is 0 Å². The number of aryl methyl sites for hydroxylation is 2. The molecule has 0 saturated carbocycles. The lowest BCUT2D eigenvalue weighted by atomic mass is 9.97. The van der Waals surface area contributed by atoms with Crippen LogP contribution in [0.2, 0.25) is 0 Å². The average molecular weight is 496 g/mol. The van der Waals surface area contributed by atoms with Crippen LogP contribution in [0.5, 0.6) is 0 Å². The minimum absolute atomic E-state index is 0.168. The van der Waals surface area contributed by atoms with Crippen LogP contribution in [0.1, 0.15) is 42.0 Å². The van der Waals surface area contributed by atoms with Crippen molar-refractivity contribution in [2.75, 3.05) is 29.3 Å². The number of hydrogen-bond donors (Lipinski definition) is 1. The van der Waals surface area contributed by atoms with Gasteiger partial charge in [-0.3, -0.25) is 14.5 Å². The second-order valence-corrected chi connectivity index (χ2v) is 10.9. The predicted molar refractivity (Wildman–Crippen MR) is 140 cm³/mol. The van der Waals surface area contributed by atoms with Gasteiger partial charge in [-0.15, -0.1) is 0 Å². The first-order valence-corrected chi connectivity index (χ1v) is 13.5. The molecule has 1 fully saturated rings. The largest absolute Gasteiger partial charge is 0.466 e. The summed E-state index contributed by atoms with van der Waals surface area (Å²) in [5.41, 5.74) is 5.44. The number of aromatic nitrogens is 1. The molecule has 3 aromatic rings. The number of rotatable bonds is 6. The van der Waals surface area contributed by atoms with E-state index in [9.17, 15) is 13.2 Å². The maximum Gasteiger partial charge on any atom is 0.310 e. The lowest BCUT2D eigenvalue weighted by Gasteiger charge is -2.33. The number of nitrogens with one attached hydrogen (secondary N) is 1. The molecule has 8 heteroatoms. The van der Waals surface area contributed by atoms with Gasteiger partial charge in [-0.2, -0.15) is 0 Å². The Balaban J connectivity index is 1.72. The van der Waals surface area contributed by atoms with E-state index in [2.05, 4.69) is 14.6 Å². The van der Waals surface area contributed by atoms with Crippen molar-refractivity contribution in [1.29, 1.82) is 0 Å². The fourth-order valence-electron chi connectivity index (χ4n) is 4.93. The zero-order chi connectivity index (χ0) is 25.3. The van der Waals surface area contributed by atoms with Gasteiger partial charge in [-0.1, -0.05) is 6.07 Å². The number of piperidine rings is 1. The van der Waals surface area contributed by atoms with Gasteiger partial charge in [-0.25, -0.2) is 8.42 Å². The topological polar surface area (TPSA) is 88.6 Å². The molecule has 2 aromatic carbocycles. The highest BCUT2D eigenvalue weighted by Gasteiger charge is 2.29. The highest BCUT2D eigenvalue weighted by Crippen LogP contribution is 2.35. The van der Waals surface area contributed by atoms with E-state index in [0.29, 0.717) is 34.6 Å². The summed E-state index contributed by atoms with van der Waals surface area (Å²) in [4.78, 5) is 19.4. The first-order valence-electron chi connectivity index (χ1n) is 12.0. The third-order valence-electron chi connectivity index (χ3n) is 6.94. The number of fused-ring (bicyclic) bond motifs is 1. The molecule has 1 atom stereocenters. The molecule has 1 aliphatic rings. The van der Waals surface area contributed by atoms with Gasteiger partial charge in [0, 0.05) is 24.7 Å². The van der Waals surface area contributed by atoms with Crippen LogP contribution in [-0.2, 0) is 19.6 Å². The van der Waals surface area contributed by atoms with Crippen LogP contribution < -0.4 is 9.62 Å². The van der Waals surface area contributed by atoms with Crippen LogP contribution in [0.3, 0.4) is 0 Å². The van der Waals surface area contributed by atoms with Gasteiger partial charge >= 0.3 is 5.97 Å². The van der Waals surface area contributed by atoms with E-state index in [1.807, 2.05) is 52.8 Å². The Morgan fingerprint density at radius 3 is 2.54 bits per heavy atom. The average Bonchev–Trinajstić information content (AvgIpc) is 2.83.